The fourth-order valence-electron chi connectivity index (χ4n) is 2.35. The normalized spacial score (nSPS) is 18.1. The minimum absolute atomic E-state index is 0.176. The Hall–Kier alpha value is -1.66. The molecule has 6 heteroatoms. The number of amides is 1. The van der Waals surface area contributed by atoms with E-state index >= 15 is 0 Å². The van der Waals surface area contributed by atoms with E-state index in [9.17, 15) is 4.79 Å². The Morgan fingerprint density at radius 1 is 1.48 bits per heavy atom. The van der Waals surface area contributed by atoms with Gasteiger partial charge >= 0.3 is 0 Å². The molecule has 0 aliphatic carbocycles. The molecule has 0 spiro atoms. The minimum Gasteiger partial charge on any atom is -0.378 e. The summed E-state index contributed by atoms with van der Waals surface area (Å²) < 4.78 is 5.32. The van der Waals surface area contributed by atoms with Gasteiger partial charge in [-0.25, -0.2) is 4.98 Å². The molecule has 2 heterocycles. The van der Waals surface area contributed by atoms with Crippen LogP contribution in [0.25, 0.3) is 0 Å². The third kappa shape index (κ3) is 4.15. The molecule has 21 heavy (non-hydrogen) atoms. The molecule has 6 nitrogen and oxygen atoms in total. The molecule has 1 amide bonds. The van der Waals surface area contributed by atoms with Crippen LogP contribution < -0.4 is 16.0 Å². The highest BCUT2D eigenvalue weighted by Crippen LogP contribution is 2.17. The Morgan fingerprint density at radius 2 is 2.19 bits per heavy atom. The summed E-state index contributed by atoms with van der Waals surface area (Å²) >= 11 is 0. The van der Waals surface area contributed by atoms with Crippen LogP contribution >= 0.6 is 0 Å². The summed E-state index contributed by atoms with van der Waals surface area (Å²) in [7, 11) is 0. The maximum atomic E-state index is 12.1. The second kappa shape index (κ2) is 6.87. The van der Waals surface area contributed by atoms with Gasteiger partial charge in [-0.05, 0) is 25.5 Å². The Kier molecular flexibility index (Phi) is 5.14. The molecule has 1 aliphatic rings. The predicted molar refractivity (Wildman–Crippen MR) is 83.4 cm³/mol. The van der Waals surface area contributed by atoms with Crippen LogP contribution in [0.5, 0.6) is 0 Å². The van der Waals surface area contributed by atoms with Crippen LogP contribution in [0.4, 0.5) is 11.5 Å². The molecule has 1 aliphatic heterocycles. The molecule has 116 valence electrons. The number of morpholine rings is 1. The number of aromatic nitrogens is 1. The van der Waals surface area contributed by atoms with Gasteiger partial charge in [0.15, 0.2) is 0 Å². The summed E-state index contributed by atoms with van der Waals surface area (Å²) in [5.74, 6) is 0.727. The van der Waals surface area contributed by atoms with Crippen molar-refractivity contribution in [3.05, 3.63) is 18.3 Å². The number of pyridine rings is 1. The molecule has 1 fully saturated rings. The van der Waals surface area contributed by atoms with Gasteiger partial charge < -0.3 is 20.7 Å². The first-order chi connectivity index (χ1) is 10.0. The average Bonchev–Trinajstić information content (AvgIpc) is 2.49. The summed E-state index contributed by atoms with van der Waals surface area (Å²) in [6.07, 6.45) is 3.19. The van der Waals surface area contributed by atoms with Crippen LogP contribution in [-0.4, -0.2) is 42.7 Å². The van der Waals surface area contributed by atoms with E-state index in [1.54, 1.807) is 13.1 Å². The van der Waals surface area contributed by atoms with Crippen molar-refractivity contribution in [2.45, 2.75) is 32.2 Å². The molecule has 1 aromatic heterocycles. The van der Waals surface area contributed by atoms with Crippen molar-refractivity contribution in [2.75, 3.05) is 36.5 Å². The highest BCUT2D eigenvalue weighted by molar-refractivity contribution is 5.97. The Balaban J connectivity index is 1.97. The summed E-state index contributed by atoms with van der Waals surface area (Å²) in [5.41, 5.74) is 5.83. The third-order valence-electron chi connectivity index (χ3n) is 3.63. The van der Waals surface area contributed by atoms with E-state index in [4.69, 9.17) is 10.5 Å². The molecule has 1 atom stereocenters. The quantitative estimate of drug-likeness (QED) is 0.857. The lowest BCUT2D eigenvalue weighted by molar-refractivity contribution is -0.120. The first kappa shape index (κ1) is 15.7. The maximum absolute atomic E-state index is 12.1. The standard InChI is InChI=1S/C15H24N4O2/c1-3-6-15(2,16)14(20)18-12-4-5-13(17-11-12)19-7-9-21-10-8-19/h4-5,11H,3,6-10,16H2,1-2H3,(H,18,20). The highest BCUT2D eigenvalue weighted by Gasteiger charge is 2.27. The second-order valence-corrected chi connectivity index (χ2v) is 5.63. The van der Waals surface area contributed by atoms with Gasteiger partial charge in [0.1, 0.15) is 5.82 Å². The topological polar surface area (TPSA) is 80.5 Å². The maximum Gasteiger partial charge on any atom is 0.244 e. The predicted octanol–water partition coefficient (Wildman–Crippen LogP) is 1.37. The summed E-state index contributed by atoms with van der Waals surface area (Å²) in [6, 6.07) is 3.77. The molecule has 1 saturated heterocycles. The Labute approximate surface area is 125 Å². The number of rotatable bonds is 5. The number of nitrogens with two attached hydrogens (primary N) is 1. The van der Waals surface area contributed by atoms with Crippen LogP contribution in [0, 0.1) is 0 Å². The van der Waals surface area contributed by atoms with Gasteiger partial charge in [-0.3, -0.25) is 4.79 Å². The van der Waals surface area contributed by atoms with Gasteiger partial charge in [0.2, 0.25) is 5.91 Å². The smallest absolute Gasteiger partial charge is 0.244 e. The number of hydrogen-bond donors (Lipinski definition) is 2. The second-order valence-electron chi connectivity index (χ2n) is 5.63. The molecule has 1 aromatic rings. The number of anilines is 2. The monoisotopic (exact) mass is 292 g/mol. The summed E-state index contributed by atoms with van der Waals surface area (Å²) in [6.45, 7) is 6.90. The molecule has 0 bridgehead atoms. The summed E-state index contributed by atoms with van der Waals surface area (Å²) in [5, 5.41) is 2.83. The van der Waals surface area contributed by atoms with Gasteiger partial charge in [0, 0.05) is 13.1 Å². The van der Waals surface area contributed by atoms with Crippen molar-refractivity contribution < 1.29 is 9.53 Å². The Bertz CT molecular complexity index is 467. The SMILES string of the molecule is CCCC(C)(N)C(=O)Nc1ccc(N2CCOCC2)nc1. The largest absolute Gasteiger partial charge is 0.378 e. The Morgan fingerprint density at radius 3 is 2.76 bits per heavy atom. The van der Waals surface area contributed by atoms with Crippen LogP contribution in [0.2, 0.25) is 0 Å². The first-order valence-corrected chi connectivity index (χ1v) is 7.42. The zero-order valence-electron chi connectivity index (χ0n) is 12.8. The molecule has 2 rings (SSSR count). The van der Waals surface area contributed by atoms with E-state index in [1.165, 1.54) is 0 Å². The molecule has 0 radical (unpaired) electrons. The molecular weight excluding hydrogens is 268 g/mol. The third-order valence-corrected chi connectivity index (χ3v) is 3.63. The fourth-order valence-corrected chi connectivity index (χ4v) is 2.35. The molecule has 0 saturated carbocycles. The van der Waals surface area contributed by atoms with E-state index in [0.717, 1.165) is 38.5 Å². The molecule has 0 aromatic carbocycles. The molecular formula is C15H24N4O2. The van der Waals surface area contributed by atoms with Crippen LogP contribution in [-0.2, 0) is 9.53 Å². The number of nitrogens with zero attached hydrogens (tertiary/aromatic N) is 2. The number of carbonyl (C=O) groups excluding carboxylic acids is 1. The molecule has 3 N–H and O–H groups in total. The lowest BCUT2D eigenvalue weighted by Crippen LogP contribution is -2.48. The fraction of sp³-hybridized carbons (Fsp3) is 0.600. The van der Waals surface area contributed by atoms with Gasteiger partial charge in [-0.15, -0.1) is 0 Å². The number of carbonyl (C=O) groups is 1. The van der Waals surface area contributed by atoms with Gasteiger partial charge in [0.05, 0.1) is 30.6 Å². The lowest BCUT2D eigenvalue weighted by atomic mass is 9.96. The zero-order chi connectivity index (χ0) is 15.3. The first-order valence-electron chi connectivity index (χ1n) is 7.42. The zero-order valence-corrected chi connectivity index (χ0v) is 12.8. The van der Waals surface area contributed by atoms with Crippen LogP contribution in [0.3, 0.4) is 0 Å². The van der Waals surface area contributed by atoms with E-state index < -0.39 is 5.54 Å². The van der Waals surface area contributed by atoms with Crippen molar-refractivity contribution in [3.8, 4) is 0 Å². The average molecular weight is 292 g/mol. The van der Waals surface area contributed by atoms with Crippen LogP contribution in [0.15, 0.2) is 18.3 Å². The van der Waals surface area contributed by atoms with E-state index in [0.29, 0.717) is 12.1 Å². The number of ether oxygens (including phenoxy) is 1. The minimum atomic E-state index is -0.850. The van der Waals surface area contributed by atoms with Gasteiger partial charge in [0.25, 0.3) is 0 Å². The van der Waals surface area contributed by atoms with Crippen molar-refractivity contribution in [1.82, 2.24) is 4.98 Å². The van der Waals surface area contributed by atoms with Crippen molar-refractivity contribution in [1.29, 1.82) is 0 Å². The summed E-state index contributed by atoms with van der Waals surface area (Å²) in [4.78, 5) is 18.7. The van der Waals surface area contributed by atoms with Crippen molar-refractivity contribution in [3.63, 3.8) is 0 Å². The van der Waals surface area contributed by atoms with Gasteiger partial charge in [-0.2, -0.15) is 0 Å². The van der Waals surface area contributed by atoms with Crippen LogP contribution in [0.1, 0.15) is 26.7 Å². The van der Waals surface area contributed by atoms with Gasteiger partial charge in [-0.1, -0.05) is 13.3 Å². The van der Waals surface area contributed by atoms with E-state index in [-0.39, 0.29) is 5.91 Å². The number of nitrogens with one attached hydrogen (secondary N) is 1. The molecule has 1 unspecified atom stereocenters. The van der Waals surface area contributed by atoms with Crippen molar-refractivity contribution in [2.24, 2.45) is 5.73 Å². The van der Waals surface area contributed by atoms with E-state index in [1.807, 2.05) is 19.1 Å². The van der Waals surface area contributed by atoms with E-state index in [2.05, 4.69) is 15.2 Å². The highest BCUT2D eigenvalue weighted by atomic mass is 16.5. The van der Waals surface area contributed by atoms with Crippen molar-refractivity contribution >= 4 is 17.4 Å². The number of hydrogen-bond acceptors (Lipinski definition) is 5. The lowest BCUT2D eigenvalue weighted by Gasteiger charge is -2.28.